The number of carbonyl (C=O) groups is 3. The Morgan fingerprint density at radius 1 is 1.16 bits per heavy atom. The quantitative estimate of drug-likeness (QED) is 0.725. The molecule has 0 saturated carbocycles. The highest BCUT2D eigenvalue weighted by molar-refractivity contribution is 6.00. The lowest BCUT2D eigenvalue weighted by molar-refractivity contribution is -0.136. The summed E-state index contributed by atoms with van der Waals surface area (Å²) in [4.78, 5) is 41.2. The lowest BCUT2D eigenvalue weighted by Crippen LogP contribution is -2.50. The number of nitrogens with one attached hydrogen (secondary N) is 1. The number of ether oxygens (including phenoxy) is 2. The molecule has 2 aliphatic rings. The summed E-state index contributed by atoms with van der Waals surface area (Å²) in [6, 6.07) is 15.2. The molecule has 0 bridgehead atoms. The van der Waals surface area contributed by atoms with E-state index in [4.69, 9.17) is 9.47 Å². The Bertz CT molecular complexity index is 1050. The number of amides is 3. The molecular weight excluding hydrogens is 398 g/mol. The third kappa shape index (κ3) is 3.84. The Kier molecular flexibility index (Phi) is 5.62. The number of urea groups is 1. The predicted octanol–water partition coefficient (Wildman–Crippen LogP) is 2.63. The molecule has 4 rings (SSSR count). The molecule has 0 aliphatic carbocycles. The van der Waals surface area contributed by atoms with E-state index in [0.29, 0.717) is 34.9 Å². The van der Waals surface area contributed by atoms with Crippen LogP contribution in [0.15, 0.2) is 65.9 Å². The molecule has 31 heavy (non-hydrogen) atoms. The summed E-state index contributed by atoms with van der Waals surface area (Å²) >= 11 is 0. The summed E-state index contributed by atoms with van der Waals surface area (Å²) in [6.45, 7) is 2.03. The molecule has 1 N–H and O–H groups in total. The topological polar surface area (TPSA) is 88.2 Å². The number of benzene rings is 2. The van der Waals surface area contributed by atoms with Crippen LogP contribution < -0.4 is 15.0 Å². The molecule has 0 saturated heterocycles. The number of anilines is 1. The van der Waals surface area contributed by atoms with Crippen molar-refractivity contribution < 1.29 is 23.9 Å². The Hall–Kier alpha value is -3.81. The van der Waals surface area contributed by atoms with E-state index >= 15 is 0 Å². The molecule has 0 spiro atoms. The highest BCUT2D eigenvalue weighted by Gasteiger charge is 2.43. The van der Waals surface area contributed by atoms with Crippen LogP contribution in [0.2, 0.25) is 0 Å². The second kappa shape index (κ2) is 8.51. The Morgan fingerprint density at radius 3 is 2.61 bits per heavy atom. The van der Waals surface area contributed by atoms with Crippen LogP contribution >= 0.6 is 0 Å². The van der Waals surface area contributed by atoms with Gasteiger partial charge in [0.15, 0.2) is 0 Å². The van der Waals surface area contributed by atoms with Gasteiger partial charge in [0.25, 0.3) is 0 Å². The normalized spacial score (nSPS) is 17.7. The van der Waals surface area contributed by atoms with Gasteiger partial charge in [-0.2, -0.15) is 0 Å². The number of hydrogen-bond acceptors (Lipinski definition) is 5. The molecular formula is C23H23N3O5. The zero-order valence-corrected chi connectivity index (χ0v) is 17.3. The highest BCUT2D eigenvalue weighted by atomic mass is 16.5. The maximum atomic E-state index is 13.0. The summed E-state index contributed by atoms with van der Waals surface area (Å²) in [5.74, 6) is -0.226. The number of para-hydroxylation sites is 2. The number of rotatable bonds is 6. The van der Waals surface area contributed by atoms with Gasteiger partial charge in [0, 0.05) is 18.3 Å². The standard InChI is InChI=1S/C23H23N3O5/c1-3-30-18-12-8-7-11-16(18)21-20-17(14-31-22(20)28)26(23(29)24-21)13-19(27)25(2)15-9-5-4-6-10-15/h4-12,21H,3,13-14H2,1-2H3,(H,24,29)/t21-/m0/s1. The molecule has 160 valence electrons. The summed E-state index contributed by atoms with van der Waals surface area (Å²) in [7, 11) is 1.65. The fourth-order valence-corrected chi connectivity index (χ4v) is 3.75. The molecule has 2 aliphatic heterocycles. The van der Waals surface area contributed by atoms with Crippen molar-refractivity contribution in [1.82, 2.24) is 10.2 Å². The summed E-state index contributed by atoms with van der Waals surface area (Å²) in [6.07, 6.45) is 0. The monoisotopic (exact) mass is 421 g/mol. The van der Waals surface area contributed by atoms with Crippen molar-refractivity contribution in [1.29, 1.82) is 0 Å². The predicted molar refractivity (Wildman–Crippen MR) is 113 cm³/mol. The van der Waals surface area contributed by atoms with Crippen LogP contribution in [0.4, 0.5) is 10.5 Å². The van der Waals surface area contributed by atoms with Crippen molar-refractivity contribution in [2.75, 3.05) is 31.7 Å². The van der Waals surface area contributed by atoms with Crippen LogP contribution in [0, 0.1) is 0 Å². The van der Waals surface area contributed by atoms with Crippen LogP contribution in [0.1, 0.15) is 18.5 Å². The van der Waals surface area contributed by atoms with Crippen LogP contribution in [0.25, 0.3) is 0 Å². The molecule has 0 radical (unpaired) electrons. The van der Waals surface area contributed by atoms with E-state index in [0.717, 1.165) is 0 Å². The van der Waals surface area contributed by atoms with Gasteiger partial charge in [0.1, 0.15) is 18.9 Å². The smallest absolute Gasteiger partial charge is 0.338 e. The molecule has 8 nitrogen and oxygen atoms in total. The van der Waals surface area contributed by atoms with Crippen molar-refractivity contribution in [2.45, 2.75) is 13.0 Å². The van der Waals surface area contributed by atoms with Crippen molar-refractivity contribution in [3.63, 3.8) is 0 Å². The van der Waals surface area contributed by atoms with E-state index in [-0.39, 0.29) is 19.1 Å². The molecule has 8 heteroatoms. The zero-order valence-electron chi connectivity index (χ0n) is 17.3. The first-order valence-electron chi connectivity index (χ1n) is 10.0. The maximum absolute atomic E-state index is 13.0. The summed E-state index contributed by atoms with van der Waals surface area (Å²) in [5.41, 5.74) is 2.10. The summed E-state index contributed by atoms with van der Waals surface area (Å²) < 4.78 is 10.9. The first-order valence-corrected chi connectivity index (χ1v) is 10.0. The minimum atomic E-state index is -0.710. The molecule has 2 aromatic carbocycles. The fourth-order valence-electron chi connectivity index (χ4n) is 3.75. The average molecular weight is 421 g/mol. The Labute approximate surface area is 180 Å². The van der Waals surface area contributed by atoms with Gasteiger partial charge in [-0.3, -0.25) is 9.69 Å². The van der Waals surface area contributed by atoms with Gasteiger partial charge >= 0.3 is 12.0 Å². The molecule has 0 aromatic heterocycles. The number of esters is 1. The number of nitrogens with zero attached hydrogens (tertiary/aromatic N) is 2. The highest BCUT2D eigenvalue weighted by Crippen LogP contribution is 2.38. The fraction of sp³-hybridized carbons (Fsp3) is 0.261. The molecule has 2 aromatic rings. The van der Waals surface area contributed by atoms with Gasteiger partial charge in [-0.25, -0.2) is 9.59 Å². The third-order valence-corrected chi connectivity index (χ3v) is 5.34. The molecule has 0 unspecified atom stereocenters. The van der Waals surface area contributed by atoms with Crippen LogP contribution in [0.5, 0.6) is 5.75 Å². The minimum absolute atomic E-state index is 0.0583. The van der Waals surface area contributed by atoms with Crippen molar-refractivity contribution in [3.8, 4) is 5.75 Å². The van der Waals surface area contributed by atoms with Crippen molar-refractivity contribution >= 4 is 23.6 Å². The average Bonchev–Trinajstić information content (AvgIpc) is 3.17. The van der Waals surface area contributed by atoms with Gasteiger partial charge in [0.05, 0.1) is 23.9 Å². The second-order valence-corrected chi connectivity index (χ2v) is 7.16. The van der Waals surface area contributed by atoms with Crippen LogP contribution in [-0.2, 0) is 14.3 Å². The van der Waals surface area contributed by atoms with Gasteiger partial charge in [-0.05, 0) is 25.1 Å². The van der Waals surface area contributed by atoms with E-state index in [9.17, 15) is 14.4 Å². The minimum Gasteiger partial charge on any atom is -0.494 e. The zero-order chi connectivity index (χ0) is 22.0. The molecule has 3 amide bonds. The van der Waals surface area contributed by atoms with E-state index in [1.165, 1.54) is 9.80 Å². The first-order chi connectivity index (χ1) is 15.0. The number of hydrogen-bond donors (Lipinski definition) is 1. The summed E-state index contributed by atoms with van der Waals surface area (Å²) in [5, 5.41) is 2.85. The SMILES string of the molecule is CCOc1ccccc1[C@@H]1NC(=O)N(CC(=O)N(C)c2ccccc2)C2=C1C(=O)OC2. The first kappa shape index (κ1) is 20.5. The second-order valence-electron chi connectivity index (χ2n) is 7.16. The number of carbonyl (C=O) groups excluding carboxylic acids is 3. The van der Waals surface area contributed by atoms with E-state index < -0.39 is 18.0 Å². The van der Waals surface area contributed by atoms with E-state index in [1.807, 2.05) is 49.4 Å². The molecule has 1 atom stereocenters. The van der Waals surface area contributed by atoms with Gasteiger partial charge < -0.3 is 19.7 Å². The Morgan fingerprint density at radius 2 is 1.87 bits per heavy atom. The van der Waals surface area contributed by atoms with Gasteiger partial charge in [-0.1, -0.05) is 36.4 Å². The third-order valence-electron chi connectivity index (χ3n) is 5.34. The molecule has 2 heterocycles. The Balaban J connectivity index is 1.65. The molecule has 0 fully saturated rings. The number of cyclic esters (lactones) is 1. The number of likely N-dealkylation sites (N-methyl/N-ethyl adjacent to an activating group) is 1. The van der Waals surface area contributed by atoms with Crippen molar-refractivity contribution in [2.24, 2.45) is 0 Å². The van der Waals surface area contributed by atoms with Crippen LogP contribution in [0.3, 0.4) is 0 Å². The lowest BCUT2D eigenvalue weighted by atomic mass is 9.95. The maximum Gasteiger partial charge on any atom is 0.338 e. The van der Waals surface area contributed by atoms with Gasteiger partial charge in [-0.15, -0.1) is 0 Å². The van der Waals surface area contributed by atoms with Crippen molar-refractivity contribution in [3.05, 3.63) is 71.4 Å². The van der Waals surface area contributed by atoms with Gasteiger partial charge in [0.2, 0.25) is 5.91 Å². The largest absolute Gasteiger partial charge is 0.494 e. The van der Waals surface area contributed by atoms with E-state index in [1.54, 1.807) is 19.2 Å². The van der Waals surface area contributed by atoms with E-state index in [2.05, 4.69) is 5.32 Å². The lowest BCUT2D eigenvalue weighted by Gasteiger charge is -2.33. The van der Waals surface area contributed by atoms with Crippen LogP contribution in [-0.4, -0.2) is 49.6 Å².